The summed E-state index contributed by atoms with van der Waals surface area (Å²) in [5, 5.41) is 13.8. The van der Waals surface area contributed by atoms with Gasteiger partial charge in [0, 0.05) is 6.42 Å². The van der Waals surface area contributed by atoms with Crippen molar-refractivity contribution in [2.24, 2.45) is 0 Å². The van der Waals surface area contributed by atoms with Crippen LogP contribution >= 0.6 is 0 Å². The SMILES string of the molecule is CCCC(=O)NNC(=O)c1nn(-c2ccccc2)cc1O. The van der Waals surface area contributed by atoms with Crippen LogP contribution in [0.2, 0.25) is 0 Å². The number of carbonyl (C=O) groups excluding carboxylic acids is 2. The molecule has 2 rings (SSSR count). The number of hydrogen-bond acceptors (Lipinski definition) is 4. The van der Waals surface area contributed by atoms with Gasteiger partial charge in [0.2, 0.25) is 5.91 Å². The lowest BCUT2D eigenvalue weighted by atomic mass is 10.3. The summed E-state index contributed by atoms with van der Waals surface area (Å²) in [6.07, 6.45) is 2.32. The average molecular weight is 288 g/mol. The number of carbonyl (C=O) groups is 2. The highest BCUT2D eigenvalue weighted by molar-refractivity contribution is 5.95. The van der Waals surface area contributed by atoms with Crippen molar-refractivity contribution in [2.45, 2.75) is 19.8 Å². The predicted octanol–water partition coefficient (Wildman–Crippen LogP) is 1.14. The predicted molar refractivity (Wildman–Crippen MR) is 75.7 cm³/mol. The minimum absolute atomic E-state index is 0.157. The first-order chi connectivity index (χ1) is 10.1. The first-order valence-corrected chi connectivity index (χ1v) is 6.55. The van der Waals surface area contributed by atoms with Gasteiger partial charge in [-0.1, -0.05) is 25.1 Å². The standard InChI is InChI=1S/C14H16N4O3/c1-2-6-12(20)15-16-14(21)13-11(19)9-18(17-13)10-7-4-3-5-8-10/h3-5,7-9,19H,2,6H2,1H3,(H,15,20)(H,16,21). The molecule has 0 radical (unpaired) electrons. The van der Waals surface area contributed by atoms with Gasteiger partial charge in [-0.25, -0.2) is 4.68 Å². The quantitative estimate of drug-likeness (QED) is 0.735. The van der Waals surface area contributed by atoms with Crippen LogP contribution in [0.15, 0.2) is 36.5 Å². The molecular weight excluding hydrogens is 272 g/mol. The number of aromatic hydroxyl groups is 1. The van der Waals surface area contributed by atoms with Gasteiger partial charge in [-0.2, -0.15) is 5.10 Å². The Morgan fingerprint density at radius 1 is 1.24 bits per heavy atom. The molecule has 1 heterocycles. The molecule has 7 nitrogen and oxygen atoms in total. The smallest absolute Gasteiger partial charge is 0.294 e. The maximum absolute atomic E-state index is 11.9. The number of hydrogen-bond donors (Lipinski definition) is 3. The van der Waals surface area contributed by atoms with Crippen molar-refractivity contribution in [3.8, 4) is 11.4 Å². The Hall–Kier alpha value is -2.83. The number of nitrogens with zero attached hydrogens (tertiary/aromatic N) is 2. The van der Waals surface area contributed by atoms with Gasteiger partial charge < -0.3 is 5.11 Å². The van der Waals surface area contributed by atoms with Crippen molar-refractivity contribution in [3.05, 3.63) is 42.2 Å². The van der Waals surface area contributed by atoms with Gasteiger partial charge in [0.1, 0.15) is 0 Å². The minimum atomic E-state index is -0.674. The molecule has 0 spiro atoms. The number of hydrazine groups is 1. The van der Waals surface area contributed by atoms with Crippen molar-refractivity contribution in [1.29, 1.82) is 0 Å². The van der Waals surface area contributed by atoms with Gasteiger partial charge in [0.05, 0.1) is 11.9 Å². The lowest BCUT2D eigenvalue weighted by Gasteiger charge is -2.05. The fourth-order valence-electron chi connectivity index (χ4n) is 1.71. The van der Waals surface area contributed by atoms with E-state index in [1.54, 1.807) is 12.1 Å². The summed E-state index contributed by atoms with van der Waals surface area (Å²) < 4.78 is 1.39. The maximum atomic E-state index is 11.9. The number of para-hydroxylation sites is 1. The van der Waals surface area contributed by atoms with Gasteiger partial charge in [-0.05, 0) is 18.6 Å². The van der Waals surface area contributed by atoms with Crippen LogP contribution in [0, 0.1) is 0 Å². The molecule has 0 unspecified atom stereocenters. The van der Waals surface area contributed by atoms with Gasteiger partial charge in [-0.15, -0.1) is 0 Å². The first-order valence-electron chi connectivity index (χ1n) is 6.55. The second-order valence-electron chi connectivity index (χ2n) is 4.40. The van der Waals surface area contributed by atoms with E-state index in [1.807, 2.05) is 25.1 Å². The zero-order valence-electron chi connectivity index (χ0n) is 11.5. The third-order valence-corrected chi connectivity index (χ3v) is 2.72. The van der Waals surface area contributed by atoms with E-state index < -0.39 is 5.91 Å². The topological polar surface area (TPSA) is 96.3 Å². The second-order valence-corrected chi connectivity index (χ2v) is 4.40. The normalized spacial score (nSPS) is 10.1. The molecular formula is C14H16N4O3. The van der Waals surface area contributed by atoms with E-state index in [4.69, 9.17) is 0 Å². The summed E-state index contributed by atoms with van der Waals surface area (Å²) >= 11 is 0. The van der Waals surface area contributed by atoms with E-state index in [9.17, 15) is 14.7 Å². The van der Waals surface area contributed by atoms with E-state index in [0.717, 1.165) is 0 Å². The summed E-state index contributed by atoms with van der Waals surface area (Å²) in [5.41, 5.74) is 5.03. The zero-order chi connectivity index (χ0) is 15.2. The Labute approximate surface area is 121 Å². The van der Waals surface area contributed by atoms with E-state index in [2.05, 4.69) is 16.0 Å². The third-order valence-electron chi connectivity index (χ3n) is 2.72. The number of benzene rings is 1. The molecule has 21 heavy (non-hydrogen) atoms. The summed E-state index contributed by atoms with van der Waals surface area (Å²) in [5.74, 6) is -1.24. The molecule has 0 fully saturated rings. The number of aromatic nitrogens is 2. The van der Waals surface area contributed by atoms with E-state index >= 15 is 0 Å². The minimum Gasteiger partial charge on any atom is -0.504 e. The molecule has 2 aromatic rings. The Bertz CT molecular complexity index is 637. The molecule has 0 bridgehead atoms. The van der Waals surface area contributed by atoms with Crippen molar-refractivity contribution in [2.75, 3.05) is 0 Å². The first kappa shape index (κ1) is 14.6. The Morgan fingerprint density at radius 2 is 1.95 bits per heavy atom. The fourth-order valence-corrected chi connectivity index (χ4v) is 1.71. The van der Waals surface area contributed by atoms with Crippen molar-refractivity contribution < 1.29 is 14.7 Å². The molecule has 0 atom stereocenters. The summed E-state index contributed by atoms with van der Waals surface area (Å²) in [6, 6.07) is 9.07. The van der Waals surface area contributed by atoms with Crippen molar-refractivity contribution >= 4 is 11.8 Å². The highest BCUT2D eigenvalue weighted by atomic mass is 16.3. The summed E-state index contributed by atoms with van der Waals surface area (Å²) in [7, 11) is 0. The molecule has 7 heteroatoms. The van der Waals surface area contributed by atoms with Gasteiger partial charge in [0.25, 0.3) is 5.91 Å². The van der Waals surface area contributed by atoms with Crippen LogP contribution in [0.3, 0.4) is 0 Å². The van der Waals surface area contributed by atoms with Crippen molar-refractivity contribution in [3.63, 3.8) is 0 Å². The zero-order valence-corrected chi connectivity index (χ0v) is 11.5. The molecule has 0 saturated heterocycles. The maximum Gasteiger partial charge on any atom is 0.294 e. The van der Waals surface area contributed by atoms with Crippen LogP contribution in [0.4, 0.5) is 0 Å². The number of amides is 2. The van der Waals surface area contributed by atoms with Gasteiger partial charge >= 0.3 is 0 Å². The van der Waals surface area contributed by atoms with Crippen LogP contribution in [-0.2, 0) is 4.79 Å². The highest BCUT2D eigenvalue weighted by Gasteiger charge is 2.17. The lowest BCUT2D eigenvalue weighted by molar-refractivity contribution is -0.121. The number of nitrogens with one attached hydrogen (secondary N) is 2. The van der Waals surface area contributed by atoms with Gasteiger partial charge in [-0.3, -0.25) is 20.4 Å². The van der Waals surface area contributed by atoms with Crippen LogP contribution in [-0.4, -0.2) is 26.7 Å². The fraction of sp³-hybridized carbons (Fsp3) is 0.214. The van der Waals surface area contributed by atoms with Gasteiger partial charge in [0.15, 0.2) is 11.4 Å². The molecule has 0 aliphatic carbocycles. The largest absolute Gasteiger partial charge is 0.504 e. The Balaban J connectivity index is 2.09. The van der Waals surface area contributed by atoms with Crippen LogP contribution in [0.25, 0.3) is 5.69 Å². The molecule has 110 valence electrons. The Kier molecular flexibility index (Phi) is 4.55. The number of rotatable bonds is 4. The van der Waals surface area contributed by atoms with Crippen LogP contribution in [0.5, 0.6) is 5.75 Å². The average Bonchev–Trinajstić information content (AvgIpc) is 2.88. The van der Waals surface area contributed by atoms with E-state index in [0.29, 0.717) is 18.5 Å². The van der Waals surface area contributed by atoms with Crippen LogP contribution < -0.4 is 10.9 Å². The highest BCUT2D eigenvalue weighted by Crippen LogP contribution is 2.17. The molecule has 1 aromatic carbocycles. The molecule has 0 aliphatic heterocycles. The lowest BCUT2D eigenvalue weighted by Crippen LogP contribution is -2.41. The van der Waals surface area contributed by atoms with E-state index in [1.165, 1.54) is 10.9 Å². The molecule has 0 aliphatic rings. The molecule has 3 N–H and O–H groups in total. The Morgan fingerprint density at radius 3 is 2.62 bits per heavy atom. The summed E-state index contributed by atoms with van der Waals surface area (Å²) in [4.78, 5) is 23.1. The molecule has 1 aromatic heterocycles. The molecule has 2 amide bonds. The van der Waals surface area contributed by atoms with Crippen molar-refractivity contribution in [1.82, 2.24) is 20.6 Å². The monoisotopic (exact) mass is 288 g/mol. The van der Waals surface area contributed by atoms with Crippen LogP contribution in [0.1, 0.15) is 30.3 Å². The summed E-state index contributed by atoms with van der Waals surface area (Å²) in [6.45, 7) is 1.86. The third kappa shape index (κ3) is 3.59. The second kappa shape index (κ2) is 6.56. The molecule has 0 saturated carbocycles. The van der Waals surface area contributed by atoms with E-state index in [-0.39, 0.29) is 17.4 Å².